The second kappa shape index (κ2) is 54.9. The van der Waals surface area contributed by atoms with Gasteiger partial charge >= 0.3 is 17.9 Å². The van der Waals surface area contributed by atoms with Crippen LogP contribution in [-0.4, -0.2) is 37.2 Å². The second-order valence-corrected chi connectivity index (χ2v) is 18.1. The standard InChI is InChI=1S/C61H102O6/c1-4-7-10-13-16-19-22-25-27-29-30-32-33-36-39-42-45-48-51-54-60(63)66-57-58(56-65-59(62)53-50-47-44-41-38-35-24-21-18-15-12-9-6-3)67-61(64)55-52-49-46-43-40-37-34-31-28-26-23-20-17-14-11-8-5-2/h7,10,16-17,19-20,25-28,30,32,36,39,45,48,58H,4-6,8-9,11-15,18,21-24,29,31,33-35,37-38,40-44,46-47,49-57H2,1-3H3/b10-7-,19-16-,20-17-,27-25-,28-26-,32-30-,39-36-,48-45-/t58-/m1/s1. The van der Waals surface area contributed by atoms with Crippen LogP contribution in [0.5, 0.6) is 0 Å². The molecule has 0 saturated carbocycles. The molecule has 0 fully saturated rings. The van der Waals surface area contributed by atoms with Crippen LogP contribution in [-0.2, 0) is 28.6 Å². The lowest BCUT2D eigenvalue weighted by Gasteiger charge is -2.18. The van der Waals surface area contributed by atoms with Crippen molar-refractivity contribution in [2.45, 2.75) is 258 Å². The van der Waals surface area contributed by atoms with Gasteiger partial charge in [0.25, 0.3) is 0 Å². The molecule has 382 valence electrons. The van der Waals surface area contributed by atoms with Gasteiger partial charge in [0.05, 0.1) is 0 Å². The van der Waals surface area contributed by atoms with E-state index in [0.717, 1.165) is 89.9 Å². The second-order valence-electron chi connectivity index (χ2n) is 18.1. The van der Waals surface area contributed by atoms with Crippen molar-refractivity contribution in [2.24, 2.45) is 0 Å². The Bertz CT molecular complexity index is 1350. The van der Waals surface area contributed by atoms with Crippen LogP contribution < -0.4 is 0 Å². The Balaban J connectivity index is 4.51. The minimum Gasteiger partial charge on any atom is -0.462 e. The van der Waals surface area contributed by atoms with Crippen molar-refractivity contribution in [3.63, 3.8) is 0 Å². The summed E-state index contributed by atoms with van der Waals surface area (Å²) in [6.07, 6.45) is 72.6. The molecule has 0 bridgehead atoms. The van der Waals surface area contributed by atoms with Gasteiger partial charge < -0.3 is 14.2 Å². The highest BCUT2D eigenvalue weighted by atomic mass is 16.6. The SMILES string of the molecule is CC/C=C\C/C=C\C/C=C\C/C=C\C/C=C\C/C=C\CCC(=O)OC[C@@H](COC(=O)CCCCCCCCCCCCCCC)OC(=O)CCCCCCCCC/C=C\C/C=C\CCCCC. The van der Waals surface area contributed by atoms with Crippen LogP contribution in [0.1, 0.15) is 252 Å². The van der Waals surface area contributed by atoms with E-state index >= 15 is 0 Å². The summed E-state index contributed by atoms with van der Waals surface area (Å²) in [6.45, 7) is 6.43. The average molecular weight is 931 g/mol. The first-order chi connectivity index (χ1) is 33.0. The van der Waals surface area contributed by atoms with Gasteiger partial charge in [-0.05, 0) is 89.9 Å². The van der Waals surface area contributed by atoms with E-state index < -0.39 is 6.10 Å². The van der Waals surface area contributed by atoms with E-state index in [1.807, 2.05) is 6.08 Å². The minimum absolute atomic E-state index is 0.103. The Morgan fingerprint density at radius 1 is 0.313 bits per heavy atom. The maximum atomic E-state index is 12.8. The number of esters is 3. The minimum atomic E-state index is -0.811. The zero-order valence-corrected chi connectivity index (χ0v) is 43.6. The van der Waals surface area contributed by atoms with Crippen LogP contribution in [0.25, 0.3) is 0 Å². The van der Waals surface area contributed by atoms with Gasteiger partial charge in [-0.15, -0.1) is 0 Å². The Morgan fingerprint density at radius 3 is 1.03 bits per heavy atom. The highest BCUT2D eigenvalue weighted by Gasteiger charge is 2.19. The van der Waals surface area contributed by atoms with E-state index in [9.17, 15) is 14.4 Å². The lowest BCUT2D eigenvalue weighted by molar-refractivity contribution is -0.166. The topological polar surface area (TPSA) is 78.9 Å². The number of carbonyl (C=O) groups is 3. The third-order valence-corrected chi connectivity index (χ3v) is 11.6. The fourth-order valence-electron chi connectivity index (χ4n) is 7.44. The van der Waals surface area contributed by atoms with Gasteiger partial charge in [-0.25, -0.2) is 0 Å². The summed E-state index contributed by atoms with van der Waals surface area (Å²) in [5.41, 5.74) is 0. The van der Waals surface area contributed by atoms with Gasteiger partial charge in [0.2, 0.25) is 0 Å². The summed E-state index contributed by atoms with van der Waals surface area (Å²) in [4.78, 5) is 38.1. The van der Waals surface area contributed by atoms with Gasteiger partial charge in [-0.3, -0.25) is 14.4 Å². The number of ether oxygens (including phenoxy) is 3. The van der Waals surface area contributed by atoms with Crippen molar-refractivity contribution < 1.29 is 28.6 Å². The third-order valence-electron chi connectivity index (χ3n) is 11.6. The van der Waals surface area contributed by atoms with Gasteiger partial charge in [0.1, 0.15) is 13.2 Å². The number of unbranched alkanes of at least 4 members (excludes halogenated alkanes) is 22. The zero-order valence-electron chi connectivity index (χ0n) is 43.6. The Morgan fingerprint density at radius 2 is 0.612 bits per heavy atom. The number of hydrogen-bond donors (Lipinski definition) is 0. The van der Waals surface area contributed by atoms with E-state index in [-0.39, 0.29) is 37.5 Å². The molecule has 0 heterocycles. The molecule has 1 atom stereocenters. The van der Waals surface area contributed by atoms with Gasteiger partial charge in [-0.2, -0.15) is 0 Å². The largest absolute Gasteiger partial charge is 0.462 e. The predicted molar refractivity (Wildman–Crippen MR) is 288 cm³/mol. The molecule has 0 amide bonds. The smallest absolute Gasteiger partial charge is 0.306 e. The number of hydrogen-bond acceptors (Lipinski definition) is 6. The van der Waals surface area contributed by atoms with E-state index in [0.29, 0.717) is 19.3 Å². The van der Waals surface area contributed by atoms with Gasteiger partial charge in [-0.1, -0.05) is 240 Å². The summed E-state index contributed by atoms with van der Waals surface area (Å²) in [6, 6.07) is 0. The Kier molecular flexibility index (Phi) is 51.9. The van der Waals surface area contributed by atoms with E-state index in [1.54, 1.807) is 0 Å². The van der Waals surface area contributed by atoms with Crippen molar-refractivity contribution in [3.05, 3.63) is 97.2 Å². The summed E-state index contributed by atoms with van der Waals surface area (Å²) in [5, 5.41) is 0. The first-order valence-electron chi connectivity index (χ1n) is 27.7. The average Bonchev–Trinajstić information content (AvgIpc) is 3.33. The molecule has 0 aliphatic carbocycles. The number of carbonyl (C=O) groups excluding carboxylic acids is 3. The molecule has 0 aliphatic rings. The molecule has 0 aliphatic heterocycles. The highest BCUT2D eigenvalue weighted by Crippen LogP contribution is 2.15. The van der Waals surface area contributed by atoms with Crippen molar-refractivity contribution in [1.82, 2.24) is 0 Å². The molecule has 0 radical (unpaired) electrons. The van der Waals surface area contributed by atoms with Crippen LogP contribution >= 0.6 is 0 Å². The monoisotopic (exact) mass is 931 g/mol. The van der Waals surface area contributed by atoms with Crippen molar-refractivity contribution >= 4 is 17.9 Å². The molecule has 0 unspecified atom stereocenters. The van der Waals surface area contributed by atoms with Crippen molar-refractivity contribution in [1.29, 1.82) is 0 Å². The number of rotatable bonds is 49. The van der Waals surface area contributed by atoms with Crippen LogP contribution in [0.4, 0.5) is 0 Å². The fraction of sp³-hybridized carbons (Fsp3) is 0.689. The Hall–Kier alpha value is -3.67. The van der Waals surface area contributed by atoms with Crippen molar-refractivity contribution in [3.8, 4) is 0 Å². The van der Waals surface area contributed by atoms with Crippen LogP contribution in [0.15, 0.2) is 97.2 Å². The molecule has 0 spiro atoms. The summed E-state index contributed by atoms with van der Waals surface area (Å²) < 4.78 is 16.8. The van der Waals surface area contributed by atoms with E-state index in [4.69, 9.17) is 14.2 Å². The predicted octanol–water partition coefficient (Wildman–Crippen LogP) is 18.5. The molecule has 0 aromatic heterocycles. The van der Waals surface area contributed by atoms with Crippen LogP contribution in [0.3, 0.4) is 0 Å². The lowest BCUT2D eigenvalue weighted by atomic mass is 10.0. The zero-order chi connectivity index (χ0) is 48.6. The van der Waals surface area contributed by atoms with E-state index in [2.05, 4.69) is 112 Å². The first-order valence-corrected chi connectivity index (χ1v) is 27.7. The molecule has 67 heavy (non-hydrogen) atoms. The van der Waals surface area contributed by atoms with Crippen LogP contribution in [0.2, 0.25) is 0 Å². The Labute approximate surface area is 413 Å². The molecule has 0 aromatic rings. The molecule has 0 saturated heterocycles. The summed E-state index contributed by atoms with van der Waals surface area (Å²) in [7, 11) is 0. The van der Waals surface area contributed by atoms with Gasteiger partial charge in [0.15, 0.2) is 6.10 Å². The molecular weight excluding hydrogens is 829 g/mol. The van der Waals surface area contributed by atoms with Crippen molar-refractivity contribution in [2.75, 3.05) is 13.2 Å². The first kappa shape index (κ1) is 63.3. The molecule has 0 aromatic carbocycles. The third kappa shape index (κ3) is 53.2. The fourth-order valence-corrected chi connectivity index (χ4v) is 7.44. The van der Waals surface area contributed by atoms with E-state index in [1.165, 1.54) is 116 Å². The maximum absolute atomic E-state index is 12.8. The molecule has 0 rings (SSSR count). The highest BCUT2D eigenvalue weighted by molar-refractivity contribution is 5.71. The molecular formula is C61H102O6. The maximum Gasteiger partial charge on any atom is 0.306 e. The van der Waals surface area contributed by atoms with Crippen LogP contribution in [0, 0.1) is 0 Å². The molecule has 6 nitrogen and oxygen atoms in total. The summed E-state index contributed by atoms with van der Waals surface area (Å²) >= 11 is 0. The number of allylic oxidation sites excluding steroid dienone is 16. The van der Waals surface area contributed by atoms with Gasteiger partial charge in [0, 0.05) is 19.3 Å². The lowest BCUT2D eigenvalue weighted by Crippen LogP contribution is -2.30. The molecule has 6 heteroatoms. The normalized spacial score (nSPS) is 12.8. The summed E-state index contributed by atoms with van der Waals surface area (Å²) in [5.74, 6) is -0.996. The quantitative estimate of drug-likeness (QED) is 0.0262. The molecule has 0 N–H and O–H groups in total.